The van der Waals surface area contributed by atoms with Crippen molar-refractivity contribution in [2.24, 2.45) is 0 Å². The van der Waals surface area contributed by atoms with Crippen molar-refractivity contribution in [2.75, 3.05) is 13.1 Å². The molecular weight excluding hydrogens is 242 g/mol. The van der Waals surface area contributed by atoms with E-state index >= 15 is 0 Å². The van der Waals surface area contributed by atoms with Gasteiger partial charge in [-0.2, -0.15) is 0 Å². The number of hydrogen-bond donors (Lipinski definition) is 2. The Kier molecular flexibility index (Phi) is 3.41. The Morgan fingerprint density at radius 3 is 2.68 bits per heavy atom. The summed E-state index contributed by atoms with van der Waals surface area (Å²) in [5.74, 6) is 1.38. The fourth-order valence-electron chi connectivity index (χ4n) is 2.96. The summed E-state index contributed by atoms with van der Waals surface area (Å²) >= 11 is 0. The van der Waals surface area contributed by atoms with Crippen LogP contribution in [0.2, 0.25) is 0 Å². The predicted molar refractivity (Wildman–Crippen MR) is 71.2 cm³/mol. The molecule has 2 fully saturated rings. The number of ether oxygens (including phenoxy) is 1. The van der Waals surface area contributed by atoms with Gasteiger partial charge in [0.1, 0.15) is 43.4 Å². The molecule has 2 N–H and O–H groups in total. The van der Waals surface area contributed by atoms with Gasteiger partial charge in [0, 0.05) is 12.0 Å². The molecule has 0 unspecified atom stereocenters. The number of nitrogens with zero attached hydrogens (tertiary/aromatic N) is 1. The Morgan fingerprint density at radius 1 is 1.37 bits per heavy atom. The average Bonchev–Trinajstić information content (AvgIpc) is 3.09. The molecule has 5 heteroatoms. The van der Waals surface area contributed by atoms with Gasteiger partial charge in [0.15, 0.2) is 0 Å². The van der Waals surface area contributed by atoms with Crippen molar-refractivity contribution in [2.45, 2.75) is 51.4 Å². The van der Waals surface area contributed by atoms with Crippen molar-refractivity contribution in [1.29, 1.82) is 0 Å². The molecule has 2 aliphatic rings. The molecule has 0 radical (unpaired) electrons. The van der Waals surface area contributed by atoms with Gasteiger partial charge in [0.25, 0.3) is 5.56 Å². The maximum absolute atomic E-state index is 11.7. The van der Waals surface area contributed by atoms with Crippen LogP contribution in [0.25, 0.3) is 0 Å². The minimum atomic E-state index is -0.0133. The molecule has 5 nitrogen and oxygen atoms in total. The van der Waals surface area contributed by atoms with Crippen LogP contribution in [-0.4, -0.2) is 35.3 Å². The number of rotatable bonds is 3. The van der Waals surface area contributed by atoms with Gasteiger partial charge in [0.2, 0.25) is 0 Å². The standard InChI is InChI=1S/C14H21N3O2/c1-9-6-17(7-10(2)19-9)8-12-5-13(18)16-14(15-12)11-3-4-11/h5,9-11H,3-4,6-8H2,1-2H3,(H,15,16,18)/p+1/t9-,10-/m0/s1. The Hall–Kier alpha value is -1.20. The zero-order chi connectivity index (χ0) is 13.4. The van der Waals surface area contributed by atoms with E-state index < -0.39 is 0 Å². The van der Waals surface area contributed by atoms with Crippen LogP contribution in [0.4, 0.5) is 0 Å². The molecule has 0 bridgehead atoms. The predicted octanol–water partition coefficient (Wildman–Crippen LogP) is -0.161. The molecule has 0 aromatic carbocycles. The third kappa shape index (κ3) is 3.22. The van der Waals surface area contributed by atoms with Crippen LogP contribution in [0.1, 0.15) is 44.1 Å². The molecule has 104 valence electrons. The topological polar surface area (TPSA) is 59.4 Å². The molecule has 2 atom stereocenters. The van der Waals surface area contributed by atoms with E-state index in [1.54, 1.807) is 6.07 Å². The smallest absolute Gasteiger partial charge is 0.251 e. The van der Waals surface area contributed by atoms with E-state index in [0.717, 1.165) is 44.0 Å². The van der Waals surface area contributed by atoms with E-state index in [1.807, 2.05) is 0 Å². The number of H-pyrrole nitrogens is 1. The second kappa shape index (κ2) is 5.06. The first-order chi connectivity index (χ1) is 9.10. The van der Waals surface area contributed by atoms with E-state index in [2.05, 4.69) is 23.8 Å². The zero-order valence-corrected chi connectivity index (χ0v) is 11.6. The molecule has 3 rings (SSSR count). The molecule has 1 aromatic rings. The monoisotopic (exact) mass is 264 g/mol. The second-order valence-corrected chi connectivity index (χ2v) is 5.99. The first-order valence-electron chi connectivity index (χ1n) is 7.19. The minimum absolute atomic E-state index is 0.0133. The molecular formula is C14H22N3O2+. The average molecular weight is 264 g/mol. The van der Waals surface area contributed by atoms with Crippen LogP contribution in [0, 0.1) is 0 Å². The lowest BCUT2D eigenvalue weighted by Gasteiger charge is -2.32. The van der Waals surface area contributed by atoms with Crippen molar-refractivity contribution < 1.29 is 9.64 Å². The SMILES string of the molecule is C[C@H]1C[NH+](Cc2cc(=O)[nH]c(C3CC3)n2)C[C@H](C)O1. The first kappa shape index (κ1) is 12.8. The van der Waals surface area contributed by atoms with E-state index in [-0.39, 0.29) is 17.8 Å². The quantitative estimate of drug-likeness (QED) is 0.797. The van der Waals surface area contributed by atoms with E-state index in [4.69, 9.17) is 4.74 Å². The lowest BCUT2D eigenvalue weighted by atomic mass is 10.2. The lowest BCUT2D eigenvalue weighted by Crippen LogP contribution is -3.14. The van der Waals surface area contributed by atoms with E-state index in [9.17, 15) is 4.79 Å². The van der Waals surface area contributed by atoms with Crippen molar-refractivity contribution >= 4 is 0 Å². The Bertz CT molecular complexity index is 500. The van der Waals surface area contributed by atoms with Crippen molar-refractivity contribution in [3.05, 3.63) is 27.9 Å². The fourth-order valence-corrected chi connectivity index (χ4v) is 2.96. The zero-order valence-electron chi connectivity index (χ0n) is 11.6. The minimum Gasteiger partial charge on any atom is -0.364 e. The molecule has 1 saturated carbocycles. The van der Waals surface area contributed by atoms with Crippen LogP contribution >= 0.6 is 0 Å². The van der Waals surface area contributed by atoms with Gasteiger partial charge in [-0.25, -0.2) is 4.98 Å². The van der Waals surface area contributed by atoms with Gasteiger partial charge >= 0.3 is 0 Å². The highest BCUT2D eigenvalue weighted by Crippen LogP contribution is 2.37. The van der Waals surface area contributed by atoms with Crippen LogP contribution < -0.4 is 10.5 Å². The van der Waals surface area contributed by atoms with Crippen LogP contribution in [0.3, 0.4) is 0 Å². The van der Waals surface area contributed by atoms with Gasteiger partial charge in [0.05, 0.1) is 0 Å². The highest BCUT2D eigenvalue weighted by molar-refractivity contribution is 5.09. The summed E-state index contributed by atoms with van der Waals surface area (Å²) < 4.78 is 5.74. The molecule has 1 aliphatic carbocycles. The maximum Gasteiger partial charge on any atom is 0.251 e. The van der Waals surface area contributed by atoms with Crippen LogP contribution in [-0.2, 0) is 11.3 Å². The van der Waals surface area contributed by atoms with Gasteiger partial charge in [-0.1, -0.05) is 0 Å². The van der Waals surface area contributed by atoms with Gasteiger partial charge in [-0.05, 0) is 26.7 Å². The summed E-state index contributed by atoms with van der Waals surface area (Å²) in [4.78, 5) is 20.6. The van der Waals surface area contributed by atoms with Gasteiger partial charge in [-0.15, -0.1) is 0 Å². The lowest BCUT2D eigenvalue weighted by molar-refractivity contribution is -0.928. The normalized spacial score (nSPS) is 31.4. The maximum atomic E-state index is 11.7. The van der Waals surface area contributed by atoms with E-state index in [0.29, 0.717) is 5.92 Å². The largest absolute Gasteiger partial charge is 0.364 e. The molecule has 1 aromatic heterocycles. The summed E-state index contributed by atoms with van der Waals surface area (Å²) in [6.07, 6.45) is 2.88. The van der Waals surface area contributed by atoms with Gasteiger partial charge in [-0.3, -0.25) is 4.79 Å². The number of hydrogen-bond acceptors (Lipinski definition) is 3. The molecule has 0 spiro atoms. The summed E-state index contributed by atoms with van der Waals surface area (Å²) in [7, 11) is 0. The Morgan fingerprint density at radius 2 is 2.05 bits per heavy atom. The van der Waals surface area contributed by atoms with Gasteiger partial charge < -0.3 is 14.6 Å². The third-order valence-corrected chi connectivity index (χ3v) is 3.83. The van der Waals surface area contributed by atoms with E-state index in [1.165, 1.54) is 4.90 Å². The molecule has 1 aliphatic heterocycles. The third-order valence-electron chi connectivity index (χ3n) is 3.83. The summed E-state index contributed by atoms with van der Waals surface area (Å²) in [5.41, 5.74) is 0.905. The first-order valence-corrected chi connectivity index (χ1v) is 7.19. The molecule has 19 heavy (non-hydrogen) atoms. The fraction of sp³-hybridized carbons (Fsp3) is 0.714. The highest BCUT2D eigenvalue weighted by Gasteiger charge is 2.28. The van der Waals surface area contributed by atoms with Crippen LogP contribution in [0.5, 0.6) is 0 Å². The van der Waals surface area contributed by atoms with Crippen molar-refractivity contribution in [3.63, 3.8) is 0 Å². The Balaban J connectivity index is 1.73. The summed E-state index contributed by atoms with van der Waals surface area (Å²) in [6, 6.07) is 1.64. The second-order valence-electron chi connectivity index (χ2n) is 5.99. The number of aromatic nitrogens is 2. The number of quaternary nitrogens is 1. The van der Waals surface area contributed by atoms with Crippen molar-refractivity contribution in [1.82, 2.24) is 9.97 Å². The number of morpholine rings is 1. The molecule has 2 heterocycles. The highest BCUT2D eigenvalue weighted by atomic mass is 16.5. The van der Waals surface area contributed by atoms with Crippen molar-refractivity contribution in [3.8, 4) is 0 Å². The summed E-state index contributed by atoms with van der Waals surface area (Å²) in [5, 5.41) is 0. The Labute approximate surface area is 113 Å². The number of aromatic amines is 1. The molecule has 0 amide bonds. The van der Waals surface area contributed by atoms with Crippen LogP contribution in [0.15, 0.2) is 10.9 Å². The summed E-state index contributed by atoms with van der Waals surface area (Å²) in [6.45, 7) is 7.00. The molecule has 1 saturated heterocycles. The number of nitrogens with one attached hydrogen (secondary N) is 2.